The van der Waals surface area contributed by atoms with Gasteiger partial charge in [0.1, 0.15) is 0 Å². The second-order valence-electron chi connectivity index (χ2n) is 3.44. The summed E-state index contributed by atoms with van der Waals surface area (Å²) in [6.07, 6.45) is 0. The van der Waals surface area contributed by atoms with Gasteiger partial charge >= 0.3 is 16.0 Å². The summed E-state index contributed by atoms with van der Waals surface area (Å²) in [6, 6.07) is 3.49. The highest BCUT2D eigenvalue weighted by Crippen LogP contribution is 2.42. The summed E-state index contributed by atoms with van der Waals surface area (Å²) in [5.74, 6) is -1.44. The molecule has 8 nitrogen and oxygen atoms in total. The molecule has 0 aliphatic heterocycles. The van der Waals surface area contributed by atoms with Crippen LogP contribution in [-0.2, 0) is 10.4 Å². The summed E-state index contributed by atoms with van der Waals surface area (Å²) >= 11 is 0. The van der Waals surface area contributed by atoms with Crippen LogP contribution in [0.4, 0.5) is 0 Å². The SMILES string of the molecule is COc1c(OS(=O)(=O)O)cc2ccc(=O)oc2c1O. The fraction of sp³-hybridized carbons (Fsp3) is 0.100. The molecule has 1 aromatic heterocycles. The first kappa shape index (κ1) is 13.2. The highest BCUT2D eigenvalue weighted by molar-refractivity contribution is 7.81. The first-order chi connectivity index (χ1) is 8.81. The molecule has 0 spiro atoms. The van der Waals surface area contributed by atoms with Gasteiger partial charge in [-0.3, -0.25) is 4.55 Å². The molecule has 0 saturated carbocycles. The molecule has 1 aromatic carbocycles. The summed E-state index contributed by atoms with van der Waals surface area (Å²) in [5.41, 5.74) is -0.889. The predicted molar refractivity (Wildman–Crippen MR) is 62.9 cm³/mol. The summed E-state index contributed by atoms with van der Waals surface area (Å²) in [4.78, 5) is 11.1. The zero-order chi connectivity index (χ0) is 14.2. The Hall–Kier alpha value is -2.26. The van der Waals surface area contributed by atoms with Gasteiger partial charge in [-0.1, -0.05) is 0 Å². The number of aromatic hydroxyl groups is 1. The van der Waals surface area contributed by atoms with Gasteiger partial charge in [-0.25, -0.2) is 4.79 Å². The normalized spacial score (nSPS) is 11.5. The van der Waals surface area contributed by atoms with Crippen molar-refractivity contribution < 1.29 is 31.4 Å². The van der Waals surface area contributed by atoms with E-state index in [4.69, 9.17) is 13.7 Å². The van der Waals surface area contributed by atoms with Gasteiger partial charge in [0.05, 0.1) is 7.11 Å². The highest BCUT2D eigenvalue weighted by Gasteiger charge is 2.20. The van der Waals surface area contributed by atoms with Gasteiger partial charge in [0, 0.05) is 11.5 Å². The highest BCUT2D eigenvalue weighted by atomic mass is 32.3. The smallest absolute Gasteiger partial charge is 0.446 e. The Kier molecular flexibility index (Phi) is 3.08. The van der Waals surface area contributed by atoms with E-state index in [-0.39, 0.29) is 16.7 Å². The number of methoxy groups -OCH3 is 1. The van der Waals surface area contributed by atoms with Gasteiger partial charge in [-0.15, -0.1) is 0 Å². The van der Waals surface area contributed by atoms with Gasteiger partial charge in [0.15, 0.2) is 11.3 Å². The second kappa shape index (κ2) is 4.44. The van der Waals surface area contributed by atoms with Crippen molar-refractivity contribution in [1.29, 1.82) is 0 Å². The Morgan fingerprint density at radius 3 is 2.58 bits per heavy atom. The number of phenols is 1. The van der Waals surface area contributed by atoms with Crippen LogP contribution in [0.25, 0.3) is 11.0 Å². The van der Waals surface area contributed by atoms with Crippen molar-refractivity contribution in [2.24, 2.45) is 0 Å². The molecule has 9 heteroatoms. The van der Waals surface area contributed by atoms with Gasteiger partial charge in [-0.05, 0) is 12.1 Å². The number of phenolic OH excluding ortho intramolecular Hbond substituents is 1. The van der Waals surface area contributed by atoms with Crippen LogP contribution in [-0.4, -0.2) is 25.2 Å². The molecular weight excluding hydrogens is 280 g/mol. The molecule has 0 radical (unpaired) electrons. The molecule has 0 saturated heterocycles. The Morgan fingerprint density at radius 1 is 1.32 bits per heavy atom. The van der Waals surface area contributed by atoms with Crippen LogP contribution in [0.1, 0.15) is 0 Å². The van der Waals surface area contributed by atoms with E-state index >= 15 is 0 Å². The summed E-state index contributed by atoms with van der Waals surface area (Å²) in [7, 11) is -3.65. The quantitative estimate of drug-likeness (QED) is 0.624. The van der Waals surface area contributed by atoms with E-state index in [0.717, 1.165) is 19.2 Å². The number of hydrogen-bond acceptors (Lipinski definition) is 7. The van der Waals surface area contributed by atoms with Crippen LogP contribution < -0.4 is 14.5 Å². The Morgan fingerprint density at radius 2 is 2.00 bits per heavy atom. The molecular formula is C10H8O8S. The summed E-state index contributed by atoms with van der Waals surface area (Å²) in [5, 5.41) is 10.0. The number of ether oxygens (including phenoxy) is 1. The van der Waals surface area contributed by atoms with Gasteiger partial charge in [0.2, 0.25) is 11.5 Å². The third-order valence-electron chi connectivity index (χ3n) is 2.20. The minimum absolute atomic E-state index is 0.188. The van der Waals surface area contributed by atoms with Crippen molar-refractivity contribution in [1.82, 2.24) is 0 Å². The lowest BCUT2D eigenvalue weighted by molar-refractivity contribution is 0.341. The van der Waals surface area contributed by atoms with Crippen molar-refractivity contribution in [2.45, 2.75) is 0 Å². The summed E-state index contributed by atoms with van der Waals surface area (Å²) in [6.45, 7) is 0. The molecule has 0 atom stereocenters. The van der Waals surface area contributed by atoms with E-state index in [0.29, 0.717) is 0 Å². The summed E-state index contributed by atoms with van der Waals surface area (Å²) < 4.78 is 43.8. The topological polar surface area (TPSA) is 123 Å². The average molecular weight is 288 g/mol. The van der Waals surface area contributed by atoms with Crippen LogP contribution in [0, 0.1) is 0 Å². The number of fused-ring (bicyclic) bond motifs is 1. The Balaban J connectivity index is 2.78. The van der Waals surface area contributed by atoms with Crippen molar-refractivity contribution in [2.75, 3.05) is 7.11 Å². The molecule has 0 aliphatic carbocycles. The molecule has 2 aromatic rings. The number of rotatable bonds is 3. The van der Waals surface area contributed by atoms with Gasteiger partial charge in [-0.2, -0.15) is 8.42 Å². The molecule has 0 unspecified atom stereocenters. The van der Waals surface area contributed by atoms with Crippen molar-refractivity contribution in [3.63, 3.8) is 0 Å². The fourth-order valence-electron chi connectivity index (χ4n) is 1.52. The fourth-order valence-corrected chi connectivity index (χ4v) is 1.88. The second-order valence-corrected chi connectivity index (χ2v) is 4.46. The lowest BCUT2D eigenvalue weighted by Crippen LogP contribution is -2.08. The van der Waals surface area contributed by atoms with E-state index in [1.165, 1.54) is 6.07 Å². The maximum atomic E-state index is 11.1. The molecule has 102 valence electrons. The molecule has 2 N–H and O–H groups in total. The minimum Gasteiger partial charge on any atom is -0.502 e. The molecule has 0 amide bonds. The third-order valence-corrected chi connectivity index (χ3v) is 2.59. The Bertz CT molecular complexity index is 789. The maximum Gasteiger partial charge on any atom is 0.446 e. The largest absolute Gasteiger partial charge is 0.502 e. The third kappa shape index (κ3) is 2.61. The Labute approximate surface area is 106 Å². The zero-order valence-electron chi connectivity index (χ0n) is 9.48. The lowest BCUT2D eigenvalue weighted by Gasteiger charge is -2.10. The van der Waals surface area contributed by atoms with Gasteiger partial charge in [0.25, 0.3) is 0 Å². The molecule has 0 bridgehead atoms. The first-order valence-electron chi connectivity index (χ1n) is 4.82. The minimum atomic E-state index is -4.79. The standard InChI is InChI=1S/C10H8O8S/c1-16-10-6(18-19(13,14)15)4-5-2-3-7(11)17-9(5)8(10)12/h2-4,12H,1H3,(H,13,14,15). The number of hydrogen-bond donors (Lipinski definition) is 2. The first-order valence-corrected chi connectivity index (χ1v) is 6.19. The van der Waals surface area contributed by atoms with E-state index < -0.39 is 27.5 Å². The van der Waals surface area contributed by atoms with E-state index in [1.807, 2.05) is 0 Å². The van der Waals surface area contributed by atoms with Crippen LogP contribution in [0.2, 0.25) is 0 Å². The van der Waals surface area contributed by atoms with Crippen LogP contribution >= 0.6 is 0 Å². The average Bonchev–Trinajstić information content (AvgIpc) is 2.29. The maximum absolute atomic E-state index is 11.1. The molecule has 0 aliphatic rings. The molecule has 2 rings (SSSR count). The van der Waals surface area contributed by atoms with Crippen LogP contribution in [0.3, 0.4) is 0 Å². The molecule has 19 heavy (non-hydrogen) atoms. The number of benzene rings is 1. The lowest BCUT2D eigenvalue weighted by atomic mass is 10.2. The van der Waals surface area contributed by atoms with E-state index in [1.54, 1.807) is 0 Å². The van der Waals surface area contributed by atoms with Gasteiger partial charge < -0.3 is 18.4 Å². The van der Waals surface area contributed by atoms with Crippen molar-refractivity contribution >= 4 is 21.4 Å². The van der Waals surface area contributed by atoms with E-state index in [2.05, 4.69) is 4.18 Å². The molecule has 0 fully saturated rings. The zero-order valence-corrected chi connectivity index (χ0v) is 10.3. The van der Waals surface area contributed by atoms with Crippen LogP contribution in [0.5, 0.6) is 17.2 Å². The van der Waals surface area contributed by atoms with Crippen molar-refractivity contribution in [3.8, 4) is 17.2 Å². The molecule has 1 heterocycles. The predicted octanol–water partition coefficient (Wildman–Crippen LogP) is 0.689. The monoisotopic (exact) mass is 288 g/mol. The van der Waals surface area contributed by atoms with Crippen LogP contribution in [0.15, 0.2) is 27.4 Å². The van der Waals surface area contributed by atoms with Crippen molar-refractivity contribution in [3.05, 3.63) is 28.6 Å². The van der Waals surface area contributed by atoms with E-state index in [9.17, 15) is 18.3 Å².